The van der Waals surface area contributed by atoms with Crippen LogP contribution in [0, 0.1) is 0 Å². The lowest BCUT2D eigenvalue weighted by molar-refractivity contribution is -0.0823. The Labute approximate surface area is 70.4 Å². The number of aliphatic hydroxyl groups excluding tert-OH is 4. The van der Waals surface area contributed by atoms with Crippen LogP contribution in [-0.2, 0) is 0 Å². The van der Waals surface area contributed by atoms with Crippen molar-refractivity contribution in [3.8, 4) is 0 Å². The SMILES string of the molecule is NC[C@@H](N)[C@H](O)[C@H](O)[C@H](O)CO. The molecule has 0 aliphatic rings. The summed E-state index contributed by atoms with van der Waals surface area (Å²) in [5.41, 5.74) is 10.4. The molecule has 0 fully saturated rings. The average Bonchev–Trinajstić information content (AvgIpc) is 2.12. The van der Waals surface area contributed by atoms with Gasteiger partial charge in [-0.15, -0.1) is 0 Å². The standard InChI is InChI=1S/C6H16N2O4/c7-1-3(8)5(11)6(12)4(10)2-9/h3-6,9-12H,1-2,7-8H2/t3-,4-,5+,6-/m1/s1. The minimum atomic E-state index is -1.46. The maximum atomic E-state index is 9.16. The molecule has 74 valence electrons. The van der Waals surface area contributed by atoms with Crippen LogP contribution in [0.3, 0.4) is 0 Å². The maximum Gasteiger partial charge on any atom is 0.110 e. The van der Waals surface area contributed by atoms with E-state index in [-0.39, 0.29) is 6.54 Å². The zero-order chi connectivity index (χ0) is 9.72. The zero-order valence-corrected chi connectivity index (χ0v) is 6.67. The quantitative estimate of drug-likeness (QED) is 0.258. The fourth-order valence-corrected chi connectivity index (χ4v) is 0.728. The lowest BCUT2D eigenvalue weighted by atomic mass is 10.0. The molecule has 0 saturated heterocycles. The van der Waals surface area contributed by atoms with E-state index < -0.39 is 31.0 Å². The molecule has 0 amide bonds. The van der Waals surface area contributed by atoms with E-state index in [2.05, 4.69) is 0 Å². The molecule has 6 nitrogen and oxygen atoms in total. The highest BCUT2D eigenvalue weighted by Gasteiger charge is 2.27. The lowest BCUT2D eigenvalue weighted by Gasteiger charge is -2.25. The monoisotopic (exact) mass is 180 g/mol. The molecule has 0 bridgehead atoms. The van der Waals surface area contributed by atoms with Crippen LogP contribution < -0.4 is 11.5 Å². The van der Waals surface area contributed by atoms with E-state index in [4.69, 9.17) is 31.9 Å². The maximum absolute atomic E-state index is 9.16. The van der Waals surface area contributed by atoms with Crippen LogP contribution in [0.1, 0.15) is 0 Å². The molecule has 12 heavy (non-hydrogen) atoms. The normalized spacial score (nSPS) is 21.5. The minimum absolute atomic E-state index is 0.00360. The Morgan fingerprint density at radius 1 is 1.08 bits per heavy atom. The van der Waals surface area contributed by atoms with E-state index in [1.54, 1.807) is 0 Å². The molecule has 0 spiro atoms. The van der Waals surface area contributed by atoms with Crippen LogP contribution in [0.4, 0.5) is 0 Å². The van der Waals surface area contributed by atoms with E-state index in [1.807, 2.05) is 0 Å². The molecule has 0 aromatic heterocycles. The van der Waals surface area contributed by atoms with Crippen molar-refractivity contribution in [3.05, 3.63) is 0 Å². The largest absolute Gasteiger partial charge is 0.394 e. The molecule has 0 rings (SSSR count). The zero-order valence-electron chi connectivity index (χ0n) is 6.67. The van der Waals surface area contributed by atoms with Crippen LogP contribution in [0.5, 0.6) is 0 Å². The van der Waals surface area contributed by atoms with E-state index in [0.29, 0.717) is 0 Å². The molecule has 6 heteroatoms. The van der Waals surface area contributed by atoms with Crippen molar-refractivity contribution in [2.24, 2.45) is 11.5 Å². The van der Waals surface area contributed by atoms with Gasteiger partial charge in [0.2, 0.25) is 0 Å². The van der Waals surface area contributed by atoms with Crippen LogP contribution in [0.25, 0.3) is 0 Å². The summed E-state index contributed by atoms with van der Waals surface area (Å²) in [6.07, 6.45) is -4.18. The van der Waals surface area contributed by atoms with Crippen molar-refractivity contribution < 1.29 is 20.4 Å². The van der Waals surface area contributed by atoms with Crippen molar-refractivity contribution in [1.82, 2.24) is 0 Å². The van der Waals surface area contributed by atoms with Crippen molar-refractivity contribution in [1.29, 1.82) is 0 Å². The van der Waals surface area contributed by atoms with Gasteiger partial charge < -0.3 is 31.9 Å². The van der Waals surface area contributed by atoms with Crippen LogP contribution >= 0.6 is 0 Å². The Hall–Kier alpha value is -0.240. The Morgan fingerprint density at radius 2 is 1.58 bits per heavy atom. The second-order valence-corrected chi connectivity index (χ2v) is 2.63. The van der Waals surface area contributed by atoms with Gasteiger partial charge in [0, 0.05) is 12.6 Å². The predicted octanol–water partition coefficient (Wildman–Crippen LogP) is -3.65. The van der Waals surface area contributed by atoms with Crippen molar-refractivity contribution in [2.45, 2.75) is 24.4 Å². The highest BCUT2D eigenvalue weighted by Crippen LogP contribution is 2.02. The Kier molecular flexibility index (Phi) is 5.31. The fourth-order valence-electron chi connectivity index (χ4n) is 0.728. The van der Waals surface area contributed by atoms with Gasteiger partial charge in [-0.1, -0.05) is 0 Å². The number of hydrogen-bond donors (Lipinski definition) is 6. The fraction of sp³-hybridized carbons (Fsp3) is 1.00. The predicted molar refractivity (Wildman–Crippen MR) is 42.1 cm³/mol. The summed E-state index contributed by atoms with van der Waals surface area (Å²) < 4.78 is 0. The third-order valence-corrected chi connectivity index (χ3v) is 1.64. The summed E-state index contributed by atoms with van der Waals surface area (Å²) in [4.78, 5) is 0. The first-order valence-corrected chi connectivity index (χ1v) is 3.65. The highest BCUT2D eigenvalue weighted by atomic mass is 16.4. The molecular formula is C6H16N2O4. The summed E-state index contributed by atoms with van der Waals surface area (Å²) in [6.45, 7) is -0.633. The molecule has 0 aromatic carbocycles. The molecule has 0 aliphatic carbocycles. The van der Waals surface area contributed by atoms with Gasteiger partial charge in [-0.25, -0.2) is 0 Å². The summed E-state index contributed by atoms with van der Waals surface area (Å²) in [6, 6.07) is -0.804. The molecule has 0 aliphatic heterocycles. The van der Waals surface area contributed by atoms with Gasteiger partial charge in [0.1, 0.15) is 12.2 Å². The van der Waals surface area contributed by atoms with E-state index in [1.165, 1.54) is 0 Å². The summed E-state index contributed by atoms with van der Waals surface area (Å²) in [5, 5.41) is 35.6. The van der Waals surface area contributed by atoms with Gasteiger partial charge in [-0.05, 0) is 0 Å². The molecule has 4 atom stereocenters. The summed E-state index contributed by atoms with van der Waals surface area (Å²) in [5.74, 6) is 0. The van der Waals surface area contributed by atoms with E-state index in [0.717, 1.165) is 0 Å². The van der Waals surface area contributed by atoms with Gasteiger partial charge >= 0.3 is 0 Å². The number of rotatable bonds is 5. The van der Waals surface area contributed by atoms with Crippen LogP contribution in [0.2, 0.25) is 0 Å². The van der Waals surface area contributed by atoms with Crippen LogP contribution in [0.15, 0.2) is 0 Å². The Bertz CT molecular complexity index is 110. The number of hydrogen-bond acceptors (Lipinski definition) is 6. The average molecular weight is 180 g/mol. The molecule has 0 saturated carbocycles. The van der Waals surface area contributed by atoms with Gasteiger partial charge in [0.05, 0.1) is 12.7 Å². The molecule has 0 unspecified atom stereocenters. The topological polar surface area (TPSA) is 133 Å². The van der Waals surface area contributed by atoms with Gasteiger partial charge in [0.25, 0.3) is 0 Å². The van der Waals surface area contributed by atoms with Crippen LogP contribution in [-0.4, -0.2) is 57.9 Å². The second-order valence-electron chi connectivity index (χ2n) is 2.63. The highest BCUT2D eigenvalue weighted by molar-refractivity contribution is 4.83. The van der Waals surface area contributed by atoms with Gasteiger partial charge in [-0.2, -0.15) is 0 Å². The number of nitrogens with two attached hydrogens (primary N) is 2. The van der Waals surface area contributed by atoms with E-state index in [9.17, 15) is 0 Å². The van der Waals surface area contributed by atoms with Crippen molar-refractivity contribution in [3.63, 3.8) is 0 Å². The third-order valence-electron chi connectivity index (χ3n) is 1.64. The Balaban J connectivity index is 3.99. The smallest absolute Gasteiger partial charge is 0.110 e. The molecule has 0 aromatic rings. The first-order valence-electron chi connectivity index (χ1n) is 3.65. The van der Waals surface area contributed by atoms with Crippen molar-refractivity contribution in [2.75, 3.05) is 13.2 Å². The Morgan fingerprint density at radius 3 is 1.92 bits per heavy atom. The molecule has 8 N–H and O–H groups in total. The first-order chi connectivity index (χ1) is 5.54. The number of aliphatic hydroxyl groups is 4. The summed E-state index contributed by atoms with van der Waals surface area (Å²) >= 11 is 0. The second kappa shape index (κ2) is 5.41. The first kappa shape index (κ1) is 11.8. The van der Waals surface area contributed by atoms with Gasteiger partial charge in [-0.3, -0.25) is 0 Å². The minimum Gasteiger partial charge on any atom is -0.394 e. The van der Waals surface area contributed by atoms with Crippen molar-refractivity contribution >= 4 is 0 Å². The third kappa shape index (κ3) is 3.02. The molecular weight excluding hydrogens is 164 g/mol. The van der Waals surface area contributed by atoms with E-state index >= 15 is 0 Å². The lowest BCUT2D eigenvalue weighted by Crippen LogP contribution is -2.52. The molecule has 0 radical (unpaired) electrons. The van der Waals surface area contributed by atoms with Gasteiger partial charge in [0.15, 0.2) is 0 Å². The molecule has 0 heterocycles. The summed E-state index contributed by atoms with van der Waals surface area (Å²) in [7, 11) is 0.